The second-order valence-corrected chi connectivity index (χ2v) is 9.62. The molecule has 40 heavy (non-hydrogen) atoms. The van der Waals surface area contributed by atoms with Gasteiger partial charge in [0.25, 0.3) is 0 Å². The van der Waals surface area contributed by atoms with Gasteiger partial charge in [-0.25, -0.2) is 4.79 Å². The number of aliphatic hydroxyl groups is 1. The number of para-hydroxylation sites is 2. The van der Waals surface area contributed by atoms with Gasteiger partial charge < -0.3 is 41.9 Å². The summed E-state index contributed by atoms with van der Waals surface area (Å²) in [7, 11) is 0. The van der Waals surface area contributed by atoms with Crippen molar-refractivity contribution in [3.63, 3.8) is 0 Å². The molecule has 9 N–H and O–H groups in total. The fraction of sp³-hybridized carbons (Fsp3) is 0.286. The van der Waals surface area contributed by atoms with Crippen molar-refractivity contribution >= 4 is 45.5 Å². The number of nitrogens with one attached hydrogen (secondary N) is 5. The predicted octanol–water partition coefficient (Wildman–Crippen LogP) is 0.313. The number of hydrogen-bond acceptors (Lipinski definition) is 6. The lowest BCUT2D eigenvalue weighted by molar-refractivity contribution is -0.143. The fourth-order valence-electron chi connectivity index (χ4n) is 4.49. The quantitative estimate of drug-likeness (QED) is 0.124. The molecule has 0 bridgehead atoms. The summed E-state index contributed by atoms with van der Waals surface area (Å²) in [5, 5.41) is 28.1. The summed E-state index contributed by atoms with van der Waals surface area (Å²) < 4.78 is 0. The first-order chi connectivity index (χ1) is 19.2. The van der Waals surface area contributed by atoms with E-state index < -0.39 is 54.5 Å². The molecule has 12 heteroatoms. The molecule has 12 nitrogen and oxygen atoms in total. The van der Waals surface area contributed by atoms with Gasteiger partial charge in [0.15, 0.2) is 0 Å². The van der Waals surface area contributed by atoms with Crippen LogP contribution in [0.2, 0.25) is 0 Å². The highest BCUT2D eigenvalue weighted by atomic mass is 16.4. The van der Waals surface area contributed by atoms with E-state index in [1.807, 2.05) is 48.5 Å². The molecule has 4 aromatic rings. The summed E-state index contributed by atoms with van der Waals surface area (Å²) in [5.74, 6) is -3.43. The molecule has 0 radical (unpaired) electrons. The Hall–Kier alpha value is -4.68. The number of aromatic nitrogens is 2. The summed E-state index contributed by atoms with van der Waals surface area (Å²) in [6.45, 7) is 0.659. The maximum atomic E-state index is 13.6. The number of fused-ring (bicyclic) bond motifs is 2. The van der Waals surface area contributed by atoms with E-state index in [1.165, 1.54) is 6.92 Å². The highest BCUT2D eigenvalue weighted by Gasteiger charge is 2.31. The van der Waals surface area contributed by atoms with Gasteiger partial charge >= 0.3 is 5.97 Å². The topological polar surface area (TPSA) is 202 Å². The van der Waals surface area contributed by atoms with E-state index in [2.05, 4.69) is 25.9 Å². The van der Waals surface area contributed by atoms with Crippen LogP contribution in [-0.2, 0) is 32.0 Å². The largest absolute Gasteiger partial charge is 0.480 e. The van der Waals surface area contributed by atoms with E-state index in [-0.39, 0.29) is 12.8 Å². The van der Waals surface area contributed by atoms with Gasteiger partial charge in [0, 0.05) is 47.0 Å². The number of hydrogen-bond donors (Lipinski definition) is 8. The molecule has 0 spiro atoms. The Morgan fingerprint density at radius 1 is 0.750 bits per heavy atom. The molecule has 0 aliphatic rings. The molecule has 2 aromatic heterocycles. The van der Waals surface area contributed by atoms with Crippen LogP contribution in [-0.4, -0.2) is 74.6 Å². The Labute approximate surface area is 229 Å². The lowest BCUT2D eigenvalue weighted by Crippen LogP contribution is -2.58. The van der Waals surface area contributed by atoms with Gasteiger partial charge in [-0.1, -0.05) is 36.4 Å². The number of amides is 3. The molecule has 0 saturated heterocycles. The smallest absolute Gasteiger partial charge is 0.328 e. The lowest BCUT2D eigenvalue weighted by Gasteiger charge is -2.24. The minimum atomic E-state index is -1.56. The summed E-state index contributed by atoms with van der Waals surface area (Å²) in [4.78, 5) is 57.1. The molecule has 4 rings (SSSR count). The first kappa shape index (κ1) is 28.3. The Balaban J connectivity index is 1.62. The summed E-state index contributed by atoms with van der Waals surface area (Å²) in [6.07, 6.45) is 3.57. The van der Waals surface area contributed by atoms with Crippen LogP contribution >= 0.6 is 0 Å². The molecule has 0 saturated carbocycles. The van der Waals surface area contributed by atoms with E-state index in [4.69, 9.17) is 5.73 Å². The monoisotopic (exact) mass is 548 g/mol. The summed E-state index contributed by atoms with van der Waals surface area (Å²) in [5.41, 5.74) is 8.90. The van der Waals surface area contributed by atoms with E-state index in [9.17, 15) is 29.4 Å². The van der Waals surface area contributed by atoms with Crippen molar-refractivity contribution in [1.29, 1.82) is 0 Å². The minimum Gasteiger partial charge on any atom is -0.480 e. The first-order valence-corrected chi connectivity index (χ1v) is 12.8. The normalized spacial score (nSPS) is 14.3. The second-order valence-electron chi connectivity index (χ2n) is 9.62. The molecule has 210 valence electrons. The van der Waals surface area contributed by atoms with Crippen LogP contribution in [0.1, 0.15) is 18.1 Å². The molecule has 4 unspecified atom stereocenters. The Kier molecular flexibility index (Phi) is 8.82. The van der Waals surface area contributed by atoms with E-state index in [0.29, 0.717) is 5.56 Å². The Bertz CT molecular complexity index is 1530. The number of rotatable bonds is 12. The number of nitrogens with two attached hydrogens (primary N) is 1. The summed E-state index contributed by atoms with van der Waals surface area (Å²) in [6, 6.07) is 10.1. The van der Waals surface area contributed by atoms with E-state index in [0.717, 1.165) is 27.4 Å². The zero-order chi connectivity index (χ0) is 28.8. The SMILES string of the molecule is CC(N)C(=O)NC(Cc1c[nH]c2ccccc12)C(=O)NC(Cc1c[nH]c2ccccc12)C(=O)NC(CO)C(=O)O. The third-order valence-electron chi connectivity index (χ3n) is 6.67. The van der Waals surface area contributed by atoms with Gasteiger partial charge in [-0.3, -0.25) is 14.4 Å². The number of aliphatic hydroxyl groups excluding tert-OH is 1. The average Bonchev–Trinajstić information content (AvgIpc) is 3.54. The number of aromatic amines is 2. The van der Waals surface area contributed by atoms with Crippen molar-refractivity contribution in [3.8, 4) is 0 Å². The van der Waals surface area contributed by atoms with Crippen LogP contribution in [0.25, 0.3) is 21.8 Å². The summed E-state index contributed by atoms with van der Waals surface area (Å²) >= 11 is 0. The van der Waals surface area contributed by atoms with Crippen LogP contribution in [0.3, 0.4) is 0 Å². The lowest BCUT2D eigenvalue weighted by atomic mass is 10.0. The number of benzene rings is 2. The molecule has 0 fully saturated rings. The number of aliphatic carboxylic acids is 1. The van der Waals surface area contributed by atoms with Crippen molar-refractivity contribution in [2.75, 3.05) is 6.61 Å². The van der Waals surface area contributed by atoms with Gasteiger partial charge in [0.2, 0.25) is 17.7 Å². The third-order valence-corrected chi connectivity index (χ3v) is 6.67. The highest BCUT2D eigenvalue weighted by molar-refractivity contribution is 5.95. The van der Waals surface area contributed by atoms with Gasteiger partial charge in [-0.2, -0.15) is 0 Å². The van der Waals surface area contributed by atoms with Crippen molar-refractivity contribution in [2.45, 2.75) is 43.9 Å². The zero-order valence-corrected chi connectivity index (χ0v) is 21.8. The van der Waals surface area contributed by atoms with Crippen molar-refractivity contribution in [2.24, 2.45) is 5.73 Å². The van der Waals surface area contributed by atoms with Gasteiger partial charge in [0.1, 0.15) is 18.1 Å². The Morgan fingerprint density at radius 3 is 1.60 bits per heavy atom. The van der Waals surface area contributed by atoms with Gasteiger partial charge in [0.05, 0.1) is 12.6 Å². The van der Waals surface area contributed by atoms with E-state index in [1.54, 1.807) is 12.4 Å². The fourth-order valence-corrected chi connectivity index (χ4v) is 4.49. The molecule has 0 aliphatic heterocycles. The molecular formula is C28H32N6O6. The maximum Gasteiger partial charge on any atom is 0.328 e. The van der Waals surface area contributed by atoms with Crippen LogP contribution in [0.4, 0.5) is 0 Å². The van der Waals surface area contributed by atoms with Crippen molar-refractivity contribution in [1.82, 2.24) is 25.9 Å². The third kappa shape index (κ3) is 6.47. The Morgan fingerprint density at radius 2 is 1.18 bits per heavy atom. The highest BCUT2D eigenvalue weighted by Crippen LogP contribution is 2.21. The molecule has 2 heterocycles. The standard InChI is InChI=1S/C28H32N6O6/c1-15(29)25(36)32-22(10-16-12-30-20-8-4-2-6-18(16)20)26(37)33-23(27(38)34-24(14-35)28(39)40)11-17-13-31-21-9-5-3-7-19(17)21/h2-9,12-13,15,22-24,30-31,35H,10-11,14,29H2,1H3,(H,32,36)(H,33,37)(H,34,38)(H,39,40). The van der Waals surface area contributed by atoms with Gasteiger partial charge in [-0.05, 0) is 30.2 Å². The number of carboxylic acids is 1. The van der Waals surface area contributed by atoms with Crippen molar-refractivity contribution < 1.29 is 29.4 Å². The first-order valence-electron chi connectivity index (χ1n) is 12.8. The maximum absolute atomic E-state index is 13.6. The molecule has 0 aliphatic carbocycles. The zero-order valence-electron chi connectivity index (χ0n) is 21.8. The van der Waals surface area contributed by atoms with Crippen LogP contribution in [0.5, 0.6) is 0 Å². The molecule has 3 amide bonds. The second kappa shape index (κ2) is 12.5. The predicted molar refractivity (Wildman–Crippen MR) is 148 cm³/mol. The number of carbonyl (C=O) groups excluding carboxylic acids is 3. The van der Waals surface area contributed by atoms with Crippen LogP contribution < -0.4 is 21.7 Å². The number of carbonyl (C=O) groups is 4. The molecule has 2 aromatic carbocycles. The average molecular weight is 549 g/mol. The van der Waals surface area contributed by atoms with Crippen LogP contribution in [0.15, 0.2) is 60.9 Å². The minimum absolute atomic E-state index is 0.0143. The van der Waals surface area contributed by atoms with Gasteiger partial charge in [-0.15, -0.1) is 0 Å². The van der Waals surface area contributed by atoms with Crippen molar-refractivity contribution in [3.05, 3.63) is 72.1 Å². The molecule has 4 atom stereocenters. The number of H-pyrrole nitrogens is 2. The van der Waals surface area contributed by atoms with E-state index >= 15 is 0 Å². The molecular weight excluding hydrogens is 516 g/mol. The van der Waals surface area contributed by atoms with Crippen LogP contribution in [0, 0.1) is 0 Å². The number of carboxylic acid groups (broad SMARTS) is 1.